The molecule has 3 rings (SSSR count). The molecule has 0 saturated carbocycles. The van der Waals surface area contributed by atoms with E-state index in [-0.39, 0.29) is 11.3 Å². The minimum atomic E-state index is -0.635. The monoisotopic (exact) mass is 286 g/mol. The lowest BCUT2D eigenvalue weighted by molar-refractivity contribution is -0.126. The van der Waals surface area contributed by atoms with Gasteiger partial charge in [0.25, 0.3) is 0 Å². The van der Waals surface area contributed by atoms with Gasteiger partial charge in [0.1, 0.15) is 11.5 Å². The molecular formula is C15H10O6. The van der Waals surface area contributed by atoms with Crippen molar-refractivity contribution in [2.75, 3.05) is 0 Å². The van der Waals surface area contributed by atoms with Crippen molar-refractivity contribution >= 4 is 17.6 Å². The molecule has 0 bridgehead atoms. The van der Waals surface area contributed by atoms with Gasteiger partial charge in [0.15, 0.2) is 17.2 Å². The fourth-order valence-corrected chi connectivity index (χ4v) is 2.09. The van der Waals surface area contributed by atoms with Gasteiger partial charge in [-0.25, -0.2) is 4.79 Å². The second kappa shape index (κ2) is 4.45. The van der Waals surface area contributed by atoms with Crippen LogP contribution in [0.15, 0.2) is 30.3 Å². The number of phenols is 4. The van der Waals surface area contributed by atoms with Gasteiger partial charge in [-0.05, 0) is 42.0 Å². The minimum Gasteiger partial charge on any atom is -0.508 e. The predicted molar refractivity (Wildman–Crippen MR) is 73.0 cm³/mol. The van der Waals surface area contributed by atoms with Crippen LogP contribution in [0, 0.1) is 0 Å². The van der Waals surface area contributed by atoms with Gasteiger partial charge in [0, 0.05) is 5.56 Å². The van der Waals surface area contributed by atoms with E-state index < -0.39 is 23.2 Å². The summed E-state index contributed by atoms with van der Waals surface area (Å²) >= 11 is 0. The van der Waals surface area contributed by atoms with Crippen molar-refractivity contribution in [2.45, 2.75) is 0 Å². The van der Waals surface area contributed by atoms with Crippen molar-refractivity contribution in [3.8, 4) is 28.7 Å². The zero-order valence-electron chi connectivity index (χ0n) is 10.6. The average Bonchev–Trinajstić information content (AvgIpc) is 2.72. The van der Waals surface area contributed by atoms with E-state index in [4.69, 9.17) is 4.74 Å². The molecule has 0 aromatic heterocycles. The second-order valence-corrected chi connectivity index (χ2v) is 4.54. The molecule has 6 heteroatoms. The Bertz CT molecular complexity index is 768. The molecule has 2 aromatic carbocycles. The molecule has 1 aliphatic rings. The standard InChI is InChI=1S/C15H10O6/c16-8-1-2-13-9(6-8)10(15(20)21-13)3-7-4-11(17)14(19)12(18)5-7/h1-6,16-19H. The van der Waals surface area contributed by atoms with Crippen LogP contribution < -0.4 is 4.74 Å². The maximum absolute atomic E-state index is 11.8. The zero-order chi connectivity index (χ0) is 15.1. The molecule has 1 heterocycles. The molecule has 0 atom stereocenters. The number of ether oxygens (including phenoxy) is 1. The van der Waals surface area contributed by atoms with E-state index in [0.717, 1.165) is 0 Å². The van der Waals surface area contributed by atoms with Gasteiger partial charge in [-0.1, -0.05) is 0 Å². The number of fused-ring (bicyclic) bond motifs is 1. The van der Waals surface area contributed by atoms with Gasteiger partial charge in [0.2, 0.25) is 0 Å². The van der Waals surface area contributed by atoms with Crippen LogP contribution >= 0.6 is 0 Å². The topological polar surface area (TPSA) is 107 Å². The summed E-state index contributed by atoms with van der Waals surface area (Å²) in [7, 11) is 0. The summed E-state index contributed by atoms with van der Waals surface area (Å²) in [4.78, 5) is 11.8. The van der Waals surface area contributed by atoms with Crippen molar-refractivity contribution in [1.82, 2.24) is 0 Å². The molecule has 21 heavy (non-hydrogen) atoms. The molecule has 0 radical (unpaired) electrons. The van der Waals surface area contributed by atoms with Crippen molar-refractivity contribution in [3.63, 3.8) is 0 Å². The summed E-state index contributed by atoms with van der Waals surface area (Å²) in [6.45, 7) is 0. The Morgan fingerprint density at radius 3 is 2.29 bits per heavy atom. The second-order valence-electron chi connectivity index (χ2n) is 4.54. The Morgan fingerprint density at radius 2 is 1.62 bits per heavy atom. The maximum atomic E-state index is 11.8. The fourth-order valence-electron chi connectivity index (χ4n) is 2.09. The summed E-state index contributed by atoms with van der Waals surface area (Å²) in [5.74, 6) is -1.97. The highest BCUT2D eigenvalue weighted by Gasteiger charge is 2.27. The third-order valence-corrected chi connectivity index (χ3v) is 3.08. The number of aromatic hydroxyl groups is 4. The number of esters is 1. The molecule has 106 valence electrons. The maximum Gasteiger partial charge on any atom is 0.344 e. The van der Waals surface area contributed by atoms with Gasteiger partial charge in [0.05, 0.1) is 5.57 Å². The molecule has 4 N–H and O–H groups in total. The van der Waals surface area contributed by atoms with E-state index in [1.54, 1.807) is 0 Å². The molecule has 0 amide bonds. The highest BCUT2D eigenvalue weighted by molar-refractivity contribution is 6.26. The highest BCUT2D eigenvalue weighted by atomic mass is 16.5. The summed E-state index contributed by atoms with van der Waals surface area (Å²) in [6.07, 6.45) is 1.38. The van der Waals surface area contributed by atoms with Crippen molar-refractivity contribution < 1.29 is 30.0 Å². The van der Waals surface area contributed by atoms with Crippen LogP contribution in [-0.4, -0.2) is 26.4 Å². The van der Waals surface area contributed by atoms with Crippen molar-refractivity contribution in [1.29, 1.82) is 0 Å². The third-order valence-electron chi connectivity index (χ3n) is 3.08. The molecule has 6 nitrogen and oxygen atoms in total. The fraction of sp³-hybridized carbons (Fsp3) is 0. The number of carbonyl (C=O) groups is 1. The number of phenolic OH excluding ortho intramolecular Hbond substituents is 4. The average molecular weight is 286 g/mol. The molecule has 0 unspecified atom stereocenters. The first-order chi connectivity index (χ1) is 9.95. The quantitative estimate of drug-likeness (QED) is 0.276. The summed E-state index contributed by atoms with van der Waals surface area (Å²) in [5.41, 5.74) is 0.878. The van der Waals surface area contributed by atoms with Gasteiger partial charge < -0.3 is 25.2 Å². The molecule has 0 saturated heterocycles. The van der Waals surface area contributed by atoms with E-state index in [1.165, 1.54) is 36.4 Å². The Labute approximate surface area is 118 Å². The van der Waals surface area contributed by atoms with E-state index in [2.05, 4.69) is 0 Å². The van der Waals surface area contributed by atoms with Crippen molar-refractivity contribution in [2.24, 2.45) is 0 Å². The minimum absolute atomic E-state index is 0.0191. The van der Waals surface area contributed by atoms with Crippen LogP contribution in [0.4, 0.5) is 0 Å². The highest BCUT2D eigenvalue weighted by Crippen LogP contribution is 2.40. The Morgan fingerprint density at radius 1 is 0.952 bits per heavy atom. The number of hydrogen-bond donors (Lipinski definition) is 4. The molecular weight excluding hydrogens is 276 g/mol. The first-order valence-corrected chi connectivity index (χ1v) is 5.98. The van der Waals surface area contributed by atoms with Crippen LogP contribution in [0.2, 0.25) is 0 Å². The molecule has 0 fully saturated rings. The SMILES string of the molecule is O=C1Oc2ccc(O)cc2C1=Cc1cc(O)c(O)c(O)c1. The van der Waals surface area contributed by atoms with Gasteiger partial charge in [-0.15, -0.1) is 0 Å². The predicted octanol–water partition coefficient (Wildman–Crippen LogP) is 1.97. The van der Waals surface area contributed by atoms with E-state index in [0.29, 0.717) is 16.9 Å². The zero-order valence-corrected chi connectivity index (χ0v) is 10.6. The molecule has 1 aliphatic heterocycles. The van der Waals surface area contributed by atoms with Crippen molar-refractivity contribution in [3.05, 3.63) is 41.5 Å². The summed E-state index contributed by atoms with van der Waals surface area (Å²) in [6, 6.07) is 6.63. The molecule has 0 spiro atoms. The normalized spacial score (nSPS) is 15.0. The van der Waals surface area contributed by atoms with Crippen LogP contribution in [0.25, 0.3) is 11.6 Å². The Kier molecular flexibility index (Phi) is 2.72. The lowest BCUT2D eigenvalue weighted by Crippen LogP contribution is -2.00. The van der Waals surface area contributed by atoms with E-state index >= 15 is 0 Å². The lowest BCUT2D eigenvalue weighted by Gasteiger charge is -2.03. The first-order valence-electron chi connectivity index (χ1n) is 5.98. The smallest absolute Gasteiger partial charge is 0.344 e. The summed E-state index contributed by atoms with van der Waals surface area (Å²) < 4.78 is 5.04. The number of benzene rings is 2. The van der Waals surface area contributed by atoms with Gasteiger partial charge >= 0.3 is 5.97 Å². The van der Waals surface area contributed by atoms with Crippen LogP contribution in [-0.2, 0) is 4.79 Å². The first kappa shape index (κ1) is 12.9. The molecule has 0 aliphatic carbocycles. The van der Waals surface area contributed by atoms with Crippen LogP contribution in [0.3, 0.4) is 0 Å². The number of hydrogen-bond acceptors (Lipinski definition) is 6. The number of carbonyl (C=O) groups excluding carboxylic acids is 1. The Balaban J connectivity index is 2.13. The summed E-state index contributed by atoms with van der Waals surface area (Å²) in [5, 5.41) is 37.7. The van der Waals surface area contributed by atoms with Gasteiger partial charge in [-0.2, -0.15) is 0 Å². The molecule has 2 aromatic rings. The number of rotatable bonds is 1. The Hall–Kier alpha value is -3.15. The van der Waals surface area contributed by atoms with Crippen LogP contribution in [0.5, 0.6) is 28.7 Å². The van der Waals surface area contributed by atoms with Crippen LogP contribution in [0.1, 0.15) is 11.1 Å². The lowest BCUT2D eigenvalue weighted by atomic mass is 10.0. The van der Waals surface area contributed by atoms with Gasteiger partial charge in [-0.3, -0.25) is 0 Å². The third kappa shape index (κ3) is 2.12. The largest absolute Gasteiger partial charge is 0.508 e. The van der Waals surface area contributed by atoms with E-state index in [1.807, 2.05) is 0 Å². The van der Waals surface area contributed by atoms with E-state index in [9.17, 15) is 25.2 Å².